The van der Waals surface area contributed by atoms with E-state index in [1.54, 1.807) is 7.11 Å². The molecule has 0 saturated carbocycles. The summed E-state index contributed by atoms with van der Waals surface area (Å²) in [5.41, 5.74) is 4.72. The molecule has 0 bridgehead atoms. The number of nitrogen functional groups attached to an aromatic ring is 1. The summed E-state index contributed by atoms with van der Waals surface area (Å²) in [6.07, 6.45) is -4.45. The fourth-order valence-electron chi connectivity index (χ4n) is 1.35. The SMILES string of the molecule is COCCSCC(=O)Nc1ccc(C(F)(F)F)cc1N. The molecule has 1 amide bonds. The average molecular weight is 308 g/mol. The zero-order valence-corrected chi connectivity index (χ0v) is 11.6. The van der Waals surface area contributed by atoms with Crippen molar-refractivity contribution in [1.29, 1.82) is 0 Å². The molecular weight excluding hydrogens is 293 g/mol. The lowest BCUT2D eigenvalue weighted by molar-refractivity contribution is -0.137. The molecule has 0 saturated heterocycles. The van der Waals surface area contributed by atoms with Crippen LogP contribution in [0.3, 0.4) is 0 Å². The Morgan fingerprint density at radius 1 is 1.45 bits per heavy atom. The number of thioether (sulfide) groups is 1. The van der Waals surface area contributed by atoms with Crippen molar-refractivity contribution in [3.8, 4) is 0 Å². The van der Waals surface area contributed by atoms with Crippen LogP contribution in [0.4, 0.5) is 24.5 Å². The van der Waals surface area contributed by atoms with Crippen LogP contribution >= 0.6 is 11.8 Å². The van der Waals surface area contributed by atoms with E-state index in [2.05, 4.69) is 5.32 Å². The minimum Gasteiger partial charge on any atom is -0.397 e. The van der Waals surface area contributed by atoms with Gasteiger partial charge in [-0.15, -0.1) is 11.8 Å². The summed E-state index contributed by atoms with van der Waals surface area (Å²) in [4.78, 5) is 11.6. The lowest BCUT2D eigenvalue weighted by Gasteiger charge is -2.11. The molecule has 0 aliphatic heterocycles. The normalized spacial score (nSPS) is 11.4. The highest BCUT2D eigenvalue weighted by Crippen LogP contribution is 2.32. The van der Waals surface area contributed by atoms with Gasteiger partial charge < -0.3 is 15.8 Å². The Labute approximate surface area is 118 Å². The summed E-state index contributed by atoms with van der Waals surface area (Å²) in [7, 11) is 1.56. The first-order valence-corrected chi connectivity index (χ1v) is 6.83. The van der Waals surface area contributed by atoms with Crippen LogP contribution in [-0.4, -0.2) is 31.1 Å². The first-order chi connectivity index (χ1) is 9.34. The monoisotopic (exact) mass is 308 g/mol. The number of carbonyl (C=O) groups excluding carboxylic acids is 1. The average Bonchev–Trinajstić information content (AvgIpc) is 2.36. The third kappa shape index (κ3) is 5.30. The van der Waals surface area contributed by atoms with E-state index in [1.165, 1.54) is 11.8 Å². The first-order valence-electron chi connectivity index (χ1n) is 5.68. The van der Waals surface area contributed by atoms with Crippen molar-refractivity contribution >= 4 is 29.0 Å². The van der Waals surface area contributed by atoms with E-state index in [4.69, 9.17) is 10.5 Å². The van der Waals surface area contributed by atoms with E-state index in [9.17, 15) is 18.0 Å². The molecule has 0 aliphatic carbocycles. The number of amides is 1. The van der Waals surface area contributed by atoms with E-state index in [1.807, 2.05) is 0 Å². The number of anilines is 2. The summed E-state index contributed by atoms with van der Waals surface area (Å²) in [5.74, 6) is 0.522. The largest absolute Gasteiger partial charge is 0.416 e. The lowest BCUT2D eigenvalue weighted by atomic mass is 10.1. The molecule has 3 N–H and O–H groups in total. The van der Waals surface area contributed by atoms with Crippen LogP contribution in [0, 0.1) is 0 Å². The maximum atomic E-state index is 12.4. The van der Waals surface area contributed by atoms with Gasteiger partial charge >= 0.3 is 6.18 Å². The summed E-state index contributed by atoms with van der Waals surface area (Å²) in [6.45, 7) is 0.528. The molecule has 0 unspecified atom stereocenters. The highest BCUT2D eigenvalue weighted by Gasteiger charge is 2.30. The Bertz CT molecular complexity index is 467. The van der Waals surface area contributed by atoms with Gasteiger partial charge in [-0.25, -0.2) is 0 Å². The molecule has 112 valence electrons. The number of halogens is 3. The van der Waals surface area contributed by atoms with E-state index in [0.29, 0.717) is 12.4 Å². The van der Waals surface area contributed by atoms with Gasteiger partial charge in [0.2, 0.25) is 5.91 Å². The first kappa shape index (κ1) is 16.6. The second-order valence-electron chi connectivity index (χ2n) is 3.89. The molecule has 1 aromatic rings. The van der Waals surface area contributed by atoms with E-state index < -0.39 is 11.7 Å². The third-order valence-corrected chi connectivity index (χ3v) is 3.24. The minimum absolute atomic E-state index is 0.116. The number of methoxy groups -OCH3 is 1. The fourth-order valence-corrected chi connectivity index (χ4v) is 2.03. The van der Waals surface area contributed by atoms with Crippen LogP contribution in [0.25, 0.3) is 0 Å². The molecule has 0 fully saturated rings. The molecule has 0 aliphatic rings. The molecule has 0 spiro atoms. The number of carbonyl (C=O) groups is 1. The number of ether oxygens (including phenoxy) is 1. The maximum Gasteiger partial charge on any atom is 0.416 e. The van der Waals surface area contributed by atoms with Gasteiger partial charge in [0.1, 0.15) is 0 Å². The zero-order valence-electron chi connectivity index (χ0n) is 10.8. The van der Waals surface area contributed by atoms with Gasteiger partial charge in [-0.2, -0.15) is 13.2 Å². The van der Waals surface area contributed by atoms with Crippen LogP contribution in [0.2, 0.25) is 0 Å². The number of hydrogen-bond donors (Lipinski definition) is 2. The van der Waals surface area contributed by atoms with Crippen molar-refractivity contribution in [3.05, 3.63) is 23.8 Å². The van der Waals surface area contributed by atoms with E-state index >= 15 is 0 Å². The van der Waals surface area contributed by atoms with Crippen molar-refractivity contribution < 1.29 is 22.7 Å². The lowest BCUT2D eigenvalue weighted by Crippen LogP contribution is -2.16. The molecule has 0 atom stereocenters. The van der Waals surface area contributed by atoms with Crippen molar-refractivity contribution in [2.24, 2.45) is 0 Å². The Balaban J connectivity index is 2.58. The van der Waals surface area contributed by atoms with E-state index in [0.717, 1.165) is 18.2 Å². The molecule has 1 aromatic carbocycles. The number of nitrogens with two attached hydrogens (primary N) is 1. The standard InChI is InChI=1S/C12H15F3N2O2S/c1-19-4-5-20-7-11(18)17-10-3-2-8(6-9(10)16)12(13,14)15/h2-3,6H,4-5,7,16H2,1H3,(H,17,18). The summed E-state index contributed by atoms with van der Waals surface area (Å²) < 4.78 is 42.2. The number of nitrogens with one attached hydrogen (secondary N) is 1. The molecule has 0 aromatic heterocycles. The van der Waals surface area contributed by atoms with Crippen LogP contribution in [0.5, 0.6) is 0 Å². The Morgan fingerprint density at radius 2 is 2.15 bits per heavy atom. The van der Waals surface area contributed by atoms with E-state index in [-0.39, 0.29) is 23.0 Å². The number of benzene rings is 1. The second-order valence-corrected chi connectivity index (χ2v) is 5.00. The topological polar surface area (TPSA) is 64.3 Å². The highest BCUT2D eigenvalue weighted by atomic mass is 32.2. The van der Waals surface area contributed by atoms with Gasteiger partial charge in [-0.1, -0.05) is 0 Å². The van der Waals surface area contributed by atoms with Crippen molar-refractivity contribution in [1.82, 2.24) is 0 Å². The van der Waals surface area contributed by atoms with Gasteiger partial charge in [-0.05, 0) is 18.2 Å². The Kier molecular flexibility index (Phi) is 6.15. The molecular formula is C12H15F3N2O2S. The molecule has 0 radical (unpaired) electrons. The van der Waals surface area contributed by atoms with Crippen LogP contribution in [0.15, 0.2) is 18.2 Å². The summed E-state index contributed by atoms with van der Waals surface area (Å²) in [6, 6.07) is 2.83. The maximum absolute atomic E-state index is 12.4. The van der Waals surface area contributed by atoms with Gasteiger partial charge in [0, 0.05) is 12.9 Å². The van der Waals surface area contributed by atoms with Crippen LogP contribution in [-0.2, 0) is 15.7 Å². The van der Waals surface area contributed by atoms with Crippen LogP contribution < -0.4 is 11.1 Å². The summed E-state index contributed by atoms with van der Waals surface area (Å²) >= 11 is 1.36. The van der Waals surface area contributed by atoms with Gasteiger partial charge in [-0.3, -0.25) is 4.79 Å². The number of alkyl halides is 3. The third-order valence-electron chi connectivity index (χ3n) is 2.32. The Hall–Kier alpha value is -1.41. The summed E-state index contributed by atoms with van der Waals surface area (Å²) in [5, 5.41) is 2.47. The Morgan fingerprint density at radius 3 is 2.70 bits per heavy atom. The van der Waals surface area contributed by atoms with Gasteiger partial charge in [0.15, 0.2) is 0 Å². The smallest absolute Gasteiger partial charge is 0.397 e. The molecule has 4 nitrogen and oxygen atoms in total. The van der Waals surface area contributed by atoms with Crippen LogP contribution in [0.1, 0.15) is 5.56 Å². The fraction of sp³-hybridized carbons (Fsp3) is 0.417. The van der Waals surface area contributed by atoms with Crippen molar-refractivity contribution in [2.75, 3.05) is 36.3 Å². The molecule has 8 heteroatoms. The number of hydrogen-bond acceptors (Lipinski definition) is 4. The van der Waals surface area contributed by atoms with Crippen molar-refractivity contribution in [3.63, 3.8) is 0 Å². The molecule has 1 rings (SSSR count). The van der Waals surface area contributed by atoms with Crippen molar-refractivity contribution in [2.45, 2.75) is 6.18 Å². The van der Waals surface area contributed by atoms with Gasteiger partial charge in [0.25, 0.3) is 0 Å². The predicted molar refractivity (Wildman–Crippen MR) is 73.7 cm³/mol. The quantitative estimate of drug-likeness (QED) is 0.626. The van der Waals surface area contributed by atoms with Gasteiger partial charge in [0.05, 0.1) is 29.3 Å². The molecule has 20 heavy (non-hydrogen) atoms. The molecule has 0 heterocycles. The highest BCUT2D eigenvalue weighted by molar-refractivity contribution is 7.99. The zero-order chi connectivity index (χ0) is 15.2. The predicted octanol–water partition coefficient (Wildman–Crippen LogP) is 2.61. The second kappa shape index (κ2) is 7.39. The minimum atomic E-state index is -4.45. The number of rotatable bonds is 6.